The number of nitrogens with one attached hydrogen (secondary N) is 2. The number of nitrogens with zero attached hydrogens (tertiary/aromatic N) is 1. The Balaban J connectivity index is 1.95. The minimum atomic E-state index is -0.419. The first-order chi connectivity index (χ1) is 13.0. The number of aromatic nitrogens is 1. The molecule has 2 amide bonds. The third-order valence-electron chi connectivity index (χ3n) is 3.90. The van der Waals surface area contributed by atoms with E-state index in [1.165, 1.54) is 21.1 Å². The number of amides is 2. The lowest BCUT2D eigenvalue weighted by Gasteiger charge is -2.13. The van der Waals surface area contributed by atoms with Crippen molar-refractivity contribution in [2.45, 2.75) is 6.92 Å². The molecular formula is C20H19N3O4. The molecule has 1 heterocycles. The molecule has 27 heavy (non-hydrogen) atoms. The molecule has 0 unspecified atom stereocenters. The minimum Gasteiger partial charge on any atom is -0.495 e. The molecule has 0 spiro atoms. The Morgan fingerprint density at radius 2 is 1.74 bits per heavy atom. The number of ether oxygens (including phenoxy) is 2. The van der Waals surface area contributed by atoms with Crippen LogP contribution in [0.15, 0.2) is 48.5 Å². The van der Waals surface area contributed by atoms with Gasteiger partial charge in [-0.2, -0.15) is 0 Å². The zero-order chi connectivity index (χ0) is 19.4. The monoisotopic (exact) mass is 365 g/mol. The fourth-order valence-electron chi connectivity index (χ4n) is 2.71. The van der Waals surface area contributed by atoms with Crippen LogP contribution in [0.1, 0.15) is 17.4 Å². The average molecular weight is 365 g/mol. The van der Waals surface area contributed by atoms with E-state index in [1.807, 2.05) is 24.3 Å². The molecule has 7 nitrogen and oxygen atoms in total. The van der Waals surface area contributed by atoms with Gasteiger partial charge in [0.25, 0.3) is 5.91 Å². The number of carbonyl (C=O) groups excluding carboxylic acids is 2. The quantitative estimate of drug-likeness (QED) is 0.723. The van der Waals surface area contributed by atoms with E-state index < -0.39 is 5.91 Å². The number of fused-ring (bicyclic) bond motifs is 1. The molecule has 3 aromatic rings. The molecule has 0 saturated carbocycles. The number of hydrogen-bond acceptors (Lipinski definition) is 5. The van der Waals surface area contributed by atoms with Crippen LogP contribution < -0.4 is 20.1 Å². The fraction of sp³-hybridized carbons (Fsp3) is 0.150. The van der Waals surface area contributed by atoms with Gasteiger partial charge in [0.2, 0.25) is 11.8 Å². The van der Waals surface area contributed by atoms with E-state index in [1.54, 1.807) is 24.3 Å². The van der Waals surface area contributed by atoms with Gasteiger partial charge in [-0.15, -0.1) is 0 Å². The largest absolute Gasteiger partial charge is 0.495 e. The van der Waals surface area contributed by atoms with Crippen molar-refractivity contribution in [3.05, 3.63) is 54.2 Å². The van der Waals surface area contributed by atoms with Gasteiger partial charge in [-0.05, 0) is 35.7 Å². The summed E-state index contributed by atoms with van der Waals surface area (Å²) in [5.74, 6) is 0.207. The molecule has 1 aromatic heterocycles. The topological polar surface area (TPSA) is 89.6 Å². The van der Waals surface area contributed by atoms with E-state index in [9.17, 15) is 9.59 Å². The first-order valence-corrected chi connectivity index (χ1v) is 8.22. The molecule has 7 heteroatoms. The summed E-state index contributed by atoms with van der Waals surface area (Å²) in [5.41, 5.74) is 1.17. The van der Waals surface area contributed by atoms with E-state index in [0.717, 1.165) is 10.8 Å². The highest BCUT2D eigenvalue weighted by atomic mass is 16.5. The number of carbonyl (C=O) groups is 2. The van der Waals surface area contributed by atoms with Crippen LogP contribution in [-0.4, -0.2) is 31.0 Å². The Kier molecular flexibility index (Phi) is 5.21. The summed E-state index contributed by atoms with van der Waals surface area (Å²) in [4.78, 5) is 28.3. The summed E-state index contributed by atoms with van der Waals surface area (Å²) in [5, 5.41) is 7.11. The molecule has 138 valence electrons. The number of pyridine rings is 1. The third-order valence-corrected chi connectivity index (χ3v) is 3.90. The van der Waals surface area contributed by atoms with Gasteiger partial charge in [0.05, 0.1) is 19.9 Å². The molecule has 0 aliphatic carbocycles. The average Bonchev–Trinajstić information content (AvgIpc) is 2.66. The van der Waals surface area contributed by atoms with E-state index in [-0.39, 0.29) is 11.6 Å². The molecule has 0 bridgehead atoms. The van der Waals surface area contributed by atoms with Gasteiger partial charge < -0.3 is 20.1 Å². The van der Waals surface area contributed by atoms with Crippen molar-refractivity contribution in [1.29, 1.82) is 0 Å². The highest BCUT2D eigenvalue weighted by Crippen LogP contribution is 2.29. The van der Waals surface area contributed by atoms with Crippen LogP contribution in [0.25, 0.3) is 10.8 Å². The Morgan fingerprint density at radius 1 is 0.963 bits per heavy atom. The third kappa shape index (κ3) is 3.98. The summed E-state index contributed by atoms with van der Waals surface area (Å²) in [6.45, 7) is 1.41. The first kappa shape index (κ1) is 18.2. The van der Waals surface area contributed by atoms with Gasteiger partial charge in [-0.3, -0.25) is 9.59 Å². The van der Waals surface area contributed by atoms with Crippen LogP contribution in [0.2, 0.25) is 0 Å². The van der Waals surface area contributed by atoms with Crippen molar-refractivity contribution in [3.63, 3.8) is 0 Å². The molecule has 0 radical (unpaired) electrons. The van der Waals surface area contributed by atoms with Gasteiger partial charge in [0.15, 0.2) is 0 Å². The van der Waals surface area contributed by atoms with Crippen LogP contribution in [0.4, 0.5) is 11.4 Å². The number of hydrogen-bond donors (Lipinski definition) is 2. The van der Waals surface area contributed by atoms with Gasteiger partial charge in [0.1, 0.15) is 11.4 Å². The van der Waals surface area contributed by atoms with Crippen LogP contribution in [0.3, 0.4) is 0 Å². The second-order valence-corrected chi connectivity index (χ2v) is 5.79. The predicted molar refractivity (Wildman–Crippen MR) is 104 cm³/mol. The van der Waals surface area contributed by atoms with Crippen molar-refractivity contribution in [2.24, 2.45) is 0 Å². The second-order valence-electron chi connectivity index (χ2n) is 5.79. The van der Waals surface area contributed by atoms with Gasteiger partial charge in [0, 0.05) is 18.0 Å². The molecule has 3 rings (SSSR count). The van der Waals surface area contributed by atoms with Gasteiger partial charge in [-0.1, -0.05) is 18.2 Å². The highest BCUT2D eigenvalue weighted by molar-refractivity contribution is 6.06. The van der Waals surface area contributed by atoms with E-state index in [0.29, 0.717) is 23.0 Å². The number of benzene rings is 2. The van der Waals surface area contributed by atoms with Crippen LogP contribution in [-0.2, 0) is 4.79 Å². The first-order valence-electron chi connectivity index (χ1n) is 8.22. The Labute approximate surface area is 156 Å². The van der Waals surface area contributed by atoms with Crippen molar-refractivity contribution in [2.75, 3.05) is 24.9 Å². The Morgan fingerprint density at radius 3 is 2.44 bits per heavy atom. The van der Waals surface area contributed by atoms with Gasteiger partial charge >= 0.3 is 0 Å². The summed E-state index contributed by atoms with van der Waals surface area (Å²) < 4.78 is 10.6. The molecule has 0 atom stereocenters. The summed E-state index contributed by atoms with van der Waals surface area (Å²) in [6, 6.07) is 14.2. The van der Waals surface area contributed by atoms with Crippen LogP contribution in [0, 0.1) is 0 Å². The molecule has 2 aromatic carbocycles. The zero-order valence-corrected chi connectivity index (χ0v) is 15.2. The molecule has 0 aliphatic heterocycles. The maximum absolute atomic E-state index is 12.8. The van der Waals surface area contributed by atoms with Crippen molar-refractivity contribution >= 4 is 34.0 Å². The smallest absolute Gasteiger partial charge is 0.274 e. The van der Waals surface area contributed by atoms with Crippen LogP contribution in [0.5, 0.6) is 11.6 Å². The lowest BCUT2D eigenvalue weighted by molar-refractivity contribution is -0.114. The molecule has 0 aliphatic rings. The molecule has 0 fully saturated rings. The SMILES string of the molecule is COc1ccc(NC(C)=O)cc1NC(=O)c1cc2ccccc2c(OC)n1. The lowest BCUT2D eigenvalue weighted by Crippen LogP contribution is -2.15. The molecule has 0 saturated heterocycles. The second kappa shape index (κ2) is 7.74. The van der Waals surface area contributed by atoms with Crippen LogP contribution >= 0.6 is 0 Å². The fourth-order valence-corrected chi connectivity index (χ4v) is 2.71. The summed E-state index contributed by atoms with van der Waals surface area (Å²) in [7, 11) is 3.01. The predicted octanol–water partition coefficient (Wildman–Crippen LogP) is 3.46. The number of methoxy groups -OCH3 is 2. The van der Waals surface area contributed by atoms with E-state index in [2.05, 4.69) is 15.6 Å². The summed E-state index contributed by atoms with van der Waals surface area (Å²) >= 11 is 0. The molecule has 2 N–H and O–H groups in total. The summed E-state index contributed by atoms with van der Waals surface area (Å²) in [6.07, 6.45) is 0. The van der Waals surface area contributed by atoms with E-state index in [4.69, 9.17) is 9.47 Å². The van der Waals surface area contributed by atoms with Gasteiger partial charge in [-0.25, -0.2) is 4.98 Å². The van der Waals surface area contributed by atoms with Crippen molar-refractivity contribution < 1.29 is 19.1 Å². The minimum absolute atomic E-state index is 0.206. The Hall–Kier alpha value is -3.61. The van der Waals surface area contributed by atoms with Crippen molar-refractivity contribution in [1.82, 2.24) is 4.98 Å². The van der Waals surface area contributed by atoms with Crippen molar-refractivity contribution in [3.8, 4) is 11.6 Å². The standard InChI is InChI=1S/C20H19N3O4/c1-12(24)21-14-8-9-18(26-2)16(11-14)22-19(25)17-10-13-6-4-5-7-15(13)20(23-17)27-3/h4-11H,1-3H3,(H,21,24)(H,22,25). The van der Waals surface area contributed by atoms with E-state index >= 15 is 0 Å². The normalized spacial score (nSPS) is 10.3. The molecular weight excluding hydrogens is 346 g/mol. The maximum Gasteiger partial charge on any atom is 0.274 e. The lowest BCUT2D eigenvalue weighted by atomic mass is 10.1. The zero-order valence-electron chi connectivity index (χ0n) is 15.2. The Bertz CT molecular complexity index is 1020. The maximum atomic E-state index is 12.8. The number of anilines is 2. The number of rotatable bonds is 5. The highest BCUT2D eigenvalue weighted by Gasteiger charge is 2.15.